The van der Waals surface area contributed by atoms with Gasteiger partial charge in [0.2, 0.25) is 5.82 Å². The number of anilines is 1. The Kier molecular flexibility index (Phi) is 5.89. The second kappa shape index (κ2) is 9.09. The molecule has 0 unspecified atom stereocenters. The molecule has 0 spiro atoms. The summed E-state index contributed by atoms with van der Waals surface area (Å²) in [6.45, 7) is 1.76. The summed E-state index contributed by atoms with van der Waals surface area (Å²) in [5.41, 5.74) is 2.88. The molecular weight excluding hydrogens is 412 g/mol. The fraction of sp³-hybridized carbons (Fsp3) is 0.0870. The first-order valence-corrected chi connectivity index (χ1v) is 9.67. The second-order valence-electron chi connectivity index (χ2n) is 6.91. The Balaban J connectivity index is 1.42. The molecule has 32 heavy (non-hydrogen) atoms. The Hall–Kier alpha value is -4.53. The van der Waals surface area contributed by atoms with Gasteiger partial charge in [-0.15, -0.1) is 0 Å². The largest absolute Gasteiger partial charge is 0.484 e. The molecule has 0 atom stereocenters. The van der Waals surface area contributed by atoms with Crippen LogP contribution in [-0.4, -0.2) is 27.6 Å². The van der Waals surface area contributed by atoms with Gasteiger partial charge in [-0.1, -0.05) is 35.5 Å². The lowest BCUT2D eigenvalue weighted by Gasteiger charge is -2.09. The van der Waals surface area contributed by atoms with Crippen molar-refractivity contribution in [2.75, 3.05) is 11.9 Å². The molecule has 0 bridgehead atoms. The minimum atomic E-state index is -0.476. The van der Waals surface area contributed by atoms with Gasteiger partial charge >= 0.3 is 0 Å². The van der Waals surface area contributed by atoms with Crippen LogP contribution in [-0.2, 0) is 4.79 Å². The van der Waals surface area contributed by atoms with Crippen LogP contribution < -0.4 is 10.1 Å². The number of carbonyl (C=O) groups excluding carboxylic acids is 1. The number of aryl methyl sites for hydroxylation is 1. The summed E-state index contributed by atoms with van der Waals surface area (Å²) in [4.78, 5) is 26.9. The molecule has 160 valence electrons. The van der Waals surface area contributed by atoms with Crippen LogP contribution in [0.2, 0.25) is 0 Å². The highest BCUT2D eigenvalue weighted by molar-refractivity contribution is 5.92. The average Bonchev–Trinajstić information content (AvgIpc) is 3.30. The number of rotatable bonds is 7. The van der Waals surface area contributed by atoms with Gasteiger partial charge in [-0.05, 0) is 42.8 Å². The van der Waals surface area contributed by atoms with Crippen molar-refractivity contribution in [1.82, 2.24) is 10.1 Å². The Morgan fingerprint density at radius 1 is 1.06 bits per heavy atom. The van der Waals surface area contributed by atoms with Crippen molar-refractivity contribution in [2.45, 2.75) is 6.92 Å². The van der Waals surface area contributed by atoms with Gasteiger partial charge in [-0.3, -0.25) is 14.9 Å². The monoisotopic (exact) mass is 430 g/mol. The number of amides is 1. The number of ether oxygens (including phenoxy) is 1. The van der Waals surface area contributed by atoms with Crippen molar-refractivity contribution in [3.63, 3.8) is 0 Å². The first-order chi connectivity index (χ1) is 15.5. The zero-order chi connectivity index (χ0) is 22.5. The molecule has 9 heteroatoms. The topological polar surface area (TPSA) is 120 Å². The first-order valence-electron chi connectivity index (χ1n) is 9.67. The van der Waals surface area contributed by atoms with Gasteiger partial charge in [0.05, 0.1) is 4.92 Å². The van der Waals surface area contributed by atoms with Crippen LogP contribution in [0, 0.1) is 17.0 Å². The van der Waals surface area contributed by atoms with Gasteiger partial charge in [0, 0.05) is 28.9 Å². The van der Waals surface area contributed by atoms with Crippen molar-refractivity contribution in [2.24, 2.45) is 0 Å². The molecule has 1 N–H and O–H groups in total. The van der Waals surface area contributed by atoms with E-state index in [0.717, 1.165) is 11.3 Å². The number of carbonyl (C=O) groups is 1. The van der Waals surface area contributed by atoms with E-state index in [-0.39, 0.29) is 24.1 Å². The van der Waals surface area contributed by atoms with Crippen LogP contribution in [0.1, 0.15) is 5.56 Å². The average molecular weight is 430 g/mol. The van der Waals surface area contributed by atoms with Crippen molar-refractivity contribution in [1.29, 1.82) is 0 Å². The molecule has 0 saturated heterocycles. The van der Waals surface area contributed by atoms with Gasteiger partial charge in [0.15, 0.2) is 6.61 Å². The molecule has 0 aliphatic heterocycles. The Labute approximate surface area is 182 Å². The predicted molar refractivity (Wildman–Crippen MR) is 117 cm³/mol. The molecule has 0 fully saturated rings. The van der Waals surface area contributed by atoms with Crippen LogP contribution in [0.25, 0.3) is 22.8 Å². The van der Waals surface area contributed by atoms with Crippen LogP contribution in [0.15, 0.2) is 77.3 Å². The van der Waals surface area contributed by atoms with E-state index in [9.17, 15) is 14.9 Å². The van der Waals surface area contributed by atoms with Gasteiger partial charge < -0.3 is 14.6 Å². The zero-order valence-corrected chi connectivity index (χ0v) is 17.0. The molecular formula is C23H18N4O5. The van der Waals surface area contributed by atoms with Gasteiger partial charge in [0.1, 0.15) is 5.75 Å². The Morgan fingerprint density at radius 2 is 1.84 bits per heavy atom. The van der Waals surface area contributed by atoms with Crippen LogP contribution in [0.5, 0.6) is 5.75 Å². The summed E-state index contributed by atoms with van der Waals surface area (Å²) >= 11 is 0. The highest BCUT2D eigenvalue weighted by Crippen LogP contribution is 2.26. The Bertz CT molecular complexity index is 1270. The third kappa shape index (κ3) is 4.78. The lowest BCUT2D eigenvalue weighted by Crippen LogP contribution is -2.20. The van der Waals surface area contributed by atoms with Crippen LogP contribution >= 0.6 is 0 Å². The second-order valence-corrected chi connectivity index (χ2v) is 6.91. The number of nitrogens with zero attached hydrogens (tertiary/aromatic N) is 3. The molecule has 0 aliphatic carbocycles. The fourth-order valence-corrected chi connectivity index (χ4v) is 2.96. The van der Waals surface area contributed by atoms with Crippen molar-refractivity contribution >= 4 is 17.3 Å². The summed E-state index contributed by atoms with van der Waals surface area (Å²) in [5.74, 6) is 0.765. The van der Waals surface area contributed by atoms with E-state index < -0.39 is 4.92 Å². The summed E-state index contributed by atoms with van der Waals surface area (Å²) in [6, 6.07) is 20.3. The van der Waals surface area contributed by atoms with E-state index >= 15 is 0 Å². The standard InChI is InChI=1S/C23H18N4O5/c1-15-5-2-3-8-20(15)24-21(28)14-31-19-7-4-6-17(13-19)22-25-23(32-26-22)16-9-11-18(12-10-16)27(29)30/h2-13H,14H2,1H3,(H,24,28). The minimum absolute atomic E-state index is 0.0233. The fourth-order valence-electron chi connectivity index (χ4n) is 2.96. The number of nitro benzene ring substituents is 1. The summed E-state index contributed by atoms with van der Waals surface area (Å²) in [5, 5.41) is 17.6. The molecule has 4 rings (SSSR count). The van der Waals surface area contributed by atoms with Crippen molar-refractivity contribution < 1.29 is 19.0 Å². The van der Waals surface area contributed by atoms with E-state index in [1.54, 1.807) is 36.4 Å². The molecule has 0 aliphatic rings. The third-order valence-corrected chi connectivity index (χ3v) is 4.63. The molecule has 1 heterocycles. The highest BCUT2D eigenvalue weighted by Gasteiger charge is 2.13. The summed E-state index contributed by atoms with van der Waals surface area (Å²) in [7, 11) is 0. The molecule has 3 aromatic carbocycles. The zero-order valence-electron chi connectivity index (χ0n) is 17.0. The molecule has 1 aromatic heterocycles. The number of benzene rings is 3. The maximum absolute atomic E-state index is 12.2. The SMILES string of the molecule is Cc1ccccc1NC(=O)COc1cccc(-c2noc(-c3ccc([N+](=O)[O-])cc3)n2)c1. The number of aromatic nitrogens is 2. The number of para-hydroxylation sites is 1. The highest BCUT2D eigenvalue weighted by atomic mass is 16.6. The molecule has 0 radical (unpaired) electrons. The van der Waals surface area contributed by atoms with Crippen LogP contribution in [0.3, 0.4) is 0 Å². The normalized spacial score (nSPS) is 10.5. The smallest absolute Gasteiger partial charge is 0.269 e. The Morgan fingerprint density at radius 3 is 2.59 bits per heavy atom. The lowest BCUT2D eigenvalue weighted by atomic mass is 10.2. The van der Waals surface area contributed by atoms with E-state index in [2.05, 4.69) is 15.5 Å². The molecule has 0 saturated carbocycles. The first kappa shape index (κ1) is 20.7. The van der Waals surface area contributed by atoms with Crippen molar-refractivity contribution in [3.8, 4) is 28.6 Å². The predicted octanol–water partition coefficient (Wildman–Crippen LogP) is 4.64. The molecule has 9 nitrogen and oxygen atoms in total. The van der Waals surface area contributed by atoms with E-state index in [0.29, 0.717) is 22.7 Å². The number of hydrogen-bond acceptors (Lipinski definition) is 7. The lowest BCUT2D eigenvalue weighted by molar-refractivity contribution is -0.384. The number of nitro groups is 1. The molecule has 4 aromatic rings. The summed E-state index contributed by atoms with van der Waals surface area (Å²) < 4.78 is 10.9. The van der Waals surface area contributed by atoms with Gasteiger partial charge in [-0.25, -0.2) is 0 Å². The van der Waals surface area contributed by atoms with E-state index in [4.69, 9.17) is 9.26 Å². The summed E-state index contributed by atoms with van der Waals surface area (Å²) in [6.07, 6.45) is 0. The van der Waals surface area contributed by atoms with Gasteiger partial charge in [0.25, 0.3) is 17.5 Å². The number of non-ortho nitro benzene ring substituents is 1. The van der Waals surface area contributed by atoms with E-state index in [1.807, 2.05) is 31.2 Å². The maximum Gasteiger partial charge on any atom is 0.269 e. The van der Waals surface area contributed by atoms with Crippen molar-refractivity contribution in [3.05, 3.63) is 88.5 Å². The van der Waals surface area contributed by atoms with Crippen LogP contribution in [0.4, 0.5) is 11.4 Å². The third-order valence-electron chi connectivity index (χ3n) is 4.63. The number of nitrogens with one attached hydrogen (secondary N) is 1. The quantitative estimate of drug-likeness (QED) is 0.335. The van der Waals surface area contributed by atoms with Gasteiger partial charge in [-0.2, -0.15) is 4.98 Å². The maximum atomic E-state index is 12.2. The molecule has 1 amide bonds. The number of hydrogen-bond donors (Lipinski definition) is 1. The van der Waals surface area contributed by atoms with E-state index in [1.165, 1.54) is 12.1 Å². The minimum Gasteiger partial charge on any atom is -0.484 e.